The average molecular weight is 266 g/mol. The molecule has 0 radical (unpaired) electrons. The van der Waals surface area contributed by atoms with Crippen LogP contribution in [-0.2, 0) is 4.74 Å². The molecule has 0 aromatic heterocycles. The van der Waals surface area contributed by atoms with Gasteiger partial charge in [0.15, 0.2) is 0 Å². The highest BCUT2D eigenvalue weighted by molar-refractivity contribution is 6.76. The van der Waals surface area contributed by atoms with Gasteiger partial charge in [-0.2, -0.15) is 0 Å². The lowest BCUT2D eigenvalue weighted by atomic mass is 10.2. The summed E-state index contributed by atoms with van der Waals surface area (Å²) in [5, 5.41) is 1.94. The second kappa shape index (κ2) is 5.17. The van der Waals surface area contributed by atoms with Crippen molar-refractivity contribution in [3.63, 3.8) is 0 Å². The van der Waals surface area contributed by atoms with Crippen molar-refractivity contribution >= 4 is 25.1 Å². The highest BCUT2D eigenvalue weighted by atomic mass is 28.3. The van der Waals surface area contributed by atoms with E-state index in [-0.39, 0.29) is 0 Å². The second-order valence-corrected chi connectivity index (χ2v) is 11.4. The molecule has 0 atom stereocenters. The van der Waals surface area contributed by atoms with E-state index in [1.807, 2.05) is 23.2 Å². The van der Waals surface area contributed by atoms with Gasteiger partial charge in [-0.3, -0.25) is 5.01 Å². The molecular formula is C12H22N4OSi. The third-order valence-corrected chi connectivity index (χ3v) is 4.56. The van der Waals surface area contributed by atoms with Gasteiger partial charge >= 0.3 is 0 Å². The van der Waals surface area contributed by atoms with Gasteiger partial charge in [-0.15, -0.1) is 5.53 Å². The Morgan fingerprint density at radius 3 is 2.83 bits per heavy atom. The fourth-order valence-electron chi connectivity index (χ4n) is 1.71. The number of benzene rings is 1. The highest BCUT2D eigenvalue weighted by Gasteiger charge is 2.18. The van der Waals surface area contributed by atoms with Crippen molar-refractivity contribution in [1.82, 2.24) is 5.53 Å². The fourth-order valence-corrected chi connectivity index (χ4v) is 2.47. The Morgan fingerprint density at radius 1 is 1.33 bits per heavy atom. The van der Waals surface area contributed by atoms with Crippen molar-refractivity contribution in [2.45, 2.75) is 25.7 Å². The minimum absolute atomic E-state index is 0.536. The molecule has 100 valence electrons. The zero-order valence-electron chi connectivity index (χ0n) is 11.3. The van der Waals surface area contributed by atoms with Crippen molar-refractivity contribution in [1.29, 1.82) is 0 Å². The monoisotopic (exact) mass is 266 g/mol. The maximum atomic E-state index is 5.73. The number of hydrogen-bond acceptors (Lipinski definition) is 5. The first-order chi connectivity index (χ1) is 8.46. The maximum absolute atomic E-state index is 5.73. The summed E-state index contributed by atoms with van der Waals surface area (Å²) in [6.07, 6.45) is 0. The zero-order chi connectivity index (χ0) is 13.2. The Balaban J connectivity index is 1.83. The topological polar surface area (TPSA) is 62.5 Å². The minimum Gasteiger partial charge on any atom is -0.399 e. The normalized spacial score (nSPS) is 14.5. The quantitative estimate of drug-likeness (QED) is 0.433. The molecule has 0 amide bonds. The van der Waals surface area contributed by atoms with E-state index in [4.69, 9.17) is 10.5 Å². The van der Waals surface area contributed by atoms with Crippen molar-refractivity contribution < 1.29 is 4.74 Å². The first-order valence-electron chi connectivity index (χ1n) is 6.22. The smallest absolute Gasteiger partial charge is 0.135 e. The number of ether oxygens (including phenoxy) is 1. The molecule has 18 heavy (non-hydrogen) atoms. The van der Waals surface area contributed by atoms with Crippen LogP contribution in [0.3, 0.4) is 0 Å². The summed E-state index contributed by atoms with van der Waals surface area (Å²) < 4.78 is 5.71. The molecule has 6 heteroatoms. The van der Waals surface area contributed by atoms with Gasteiger partial charge in [0.2, 0.25) is 0 Å². The summed E-state index contributed by atoms with van der Waals surface area (Å²) in [4.78, 5) is 0. The van der Waals surface area contributed by atoms with Crippen LogP contribution < -0.4 is 21.7 Å². The lowest BCUT2D eigenvalue weighted by Crippen LogP contribution is -2.38. The van der Waals surface area contributed by atoms with Crippen LogP contribution in [0.5, 0.6) is 0 Å². The van der Waals surface area contributed by atoms with Gasteiger partial charge in [0.25, 0.3) is 0 Å². The van der Waals surface area contributed by atoms with Crippen LogP contribution in [0.1, 0.15) is 0 Å². The van der Waals surface area contributed by atoms with Crippen molar-refractivity contribution in [2.75, 3.05) is 29.5 Å². The molecule has 1 aromatic carbocycles. The molecule has 0 saturated carbocycles. The molecule has 1 aliphatic heterocycles. The van der Waals surface area contributed by atoms with Gasteiger partial charge in [-0.1, -0.05) is 19.6 Å². The number of nitrogens with zero attached hydrogens (tertiary/aromatic N) is 1. The van der Waals surface area contributed by atoms with Crippen LogP contribution in [0.2, 0.25) is 25.7 Å². The first kappa shape index (κ1) is 13.2. The molecular weight excluding hydrogens is 244 g/mol. The van der Waals surface area contributed by atoms with E-state index in [9.17, 15) is 0 Å². The third kappa shape index (κ3) is 3.38. The number of rotatable bonds is 5. The van der Waals surface area contributed by atoms with Gasteiger partial charge < -0.3 is 15.9 Å². The lowest BCUT2D eigenvalue weighted by Gasteiger charge is -2.20. The van der Waals surface area contributed by atoms with Gasteiger partial charge in [-0.25, -0.2) is 0 Å². The summed E-state index contributed by atoms with van der Waals surface area (Å²) in [5.74, 6) is 0. The SMILES string of the molecule is C[Si](C)(C)CCOCN1NNc2cc(N)ccc21. The Kier molecular flexibility index (Phi) is 3.79. The molecule has 0 spiro atoms. The van der Waals surface area contributed by atoms with Gasteiger partial charge in [0.1, 0.15) is 6.73 Å². The van der Waals surface area contributed by atoms with Crippen molar-refractivity contribution in [3.05, 3.63) is 18.2 Å². The lowest BCUT2D eigenvalue weighted by molar-refractivity contribution is 0.142. The Hall–Kier alpha value is -1.24. The summed E-state index contributed by atoms with van der Waals surface area (Å²) in [7, 11) is -1.01. The molecule has 0 aliphatic carbocycles. The molecule has 1 heterocycles. The molecule has 0 unspecified atom stereocenters. The van der Waals surface area contributed by atoms with Gasteiger partial charge in [0.05, 0.1) is 11.4 Å². The number of nitrogens with one attached hydrogen (secondary N) is 2. The third-order valence-electron chi connectivity index (χ3n) is 2.85. The van der Waals surface area contributed by atoms with E-state index in [0.717, 1.165) is 23.7 Å². The van der Waals surface area contributed by atoms with E-state index in [1.165, 1.54) is 6.04 Å². The highest BCUT2D eigenvalue weighted by Crippen LogP contribution is 2.30. The molecule has 1 aromatic rings. The Morgan fingerprint density at radius 2 is 2.11 bits per heavy atom. The second-order valence-electron chi connectivity index (χ2n) is 5.79. The molecule has 0 fully saturated rings. The number of nitrogens with two attached hydrogens (primary N) is 1. The maximum Gasteiger partial charge on any atom is 0.135 e. The van der Waals surface area contributed by atoms with Crippen LogP contribution in [-0.4, -0.2) is 21.4 Å². The average Bonchev–Trinajstić information content (AvgIpc) is 2.65. The van der Waals surface area contributed by atoms with E-state index in [0.29, 0.717) is 6.73 Å². The molecule has 5 nitrogen and oxygen atoms in total. The summed E-state index contributed by atoms with van der Waals surface area (Å²) in [5.41, 5.74) is 14.7. The van der Waals surface area contributed by atoms with E-state index < -0.39 is 8.07 Å². The van der Waals surface area contributed by atoms with Crippen LogP contribution >= 0.6 is 0 Å². The number of fused-ring (bicyclic) bond motifs is 1. The minimum atomic E-state index is -1.01. The summed E-state index contributed by atoms with van der Waals surface area (Å²) in [6, 6.07) is 6.97. The Labute approximate surface area is 109 Å². The van der Waals surface area contributed by atoms with E-state index in [2.05, 4.69) is 30.6 Å². The number of nitrogen functional groups attached to an aromatic ring is 1. The number of hydrogen-bond donors (Lipinski definition) is 3. The summed E-state index contributed by atoms with van der Waals surface area (Å²) >= 11 is 0. The van der Waals surface area contributed by atoms with Crippen molar-refractivity contribution in [3.8, 4) is 0 Å². The molecule has 4 N–H and O–H groups in total. The van der Waals surface area contributed by atoms with Crippen LogP contribution in [0.4, 0.5) is 17.1 Å². The van der Waals surface area contributed by atoms with E-state index in [1.54, 1.807) is 0 Å². The first-order valence-corrected chi connectivity index (χ1v) is 9.93. The van der Waals surface area contributed by atoms with Gasteiger partial charge in [0, 0.05) is 20.4 Å². The van der Waals surface area contributed by atoms with Crippen LogP contribution in [0.25, 0.3) is 0 Å². The predicted molar refractivity (Wildman–Crippen MR) is 79.1 cm³/mol. The largest absolute Gasteiger partial charge is 0.399 e. The zero-order valence-corrected chi connectivity index (χ0v) is 12.3. The van der Waals surface area contributed by atoms with Gasteiger partial charge in [-0.05, 0) is 24.2 Å². The van der Waals surface area contributed by atoms with Crippen LogP contribution in [0, 0.1) is 0 Å². The van der Waals surface area contributed by atoms with E-state index >= 15 is 0 Å². The summed E-state index contributed by atoms with van der Waals surface area (Å²) in [6.45, 7) is 8.41. The standard InChI is InChI=1S/C12H22N4OSi/c1-18(2,3)7-6-17-9-16-12-5-4-10(13)8-11(12)14-15-16/h4-5,8,14-15H,6-7,9,13H2,1-3H3. The van der Waals surface area contributed by atoms with Crippen LogP contribution in [0.15, 0.2) is 18.2 Å². The molecule has 0 bridgehead atoms. The molecule has 1 aliphatic rings. The molecule has 0 saturated heterocycles. The Bertz CT molecular complexity index is 419. The van der Waals surface area contributed by atoms with Crippen molar-refractivity contribution in [2.24, 2.45) is 0 Å². The fraction of sp³-hybridized carbons (Fsp3) is 0.500. The number of anilines is 3. The predicted octanol–water partition coefficient (Wildman–Crippen LogP) is 2.23. The molecule has 2 rings (SSSR count). The number of hydrazine groups is 2.